The Morgan fingerprint density at radius 2 is 2.29 bits per heavy atom. The quantitative estimate of drug-likeness (QED) is 0.785. The van der Waals surface area contributed by atoms with Gasteiger partial charge in [-0.15, -0.1) is 0 Å². The average molecular weight is 239 g/mol. The maximum absolute atomic E-state index is 10.8. The Morgan fingerprint density at radius 1 is 1.59 bits per heavy atom. The maximum Gasteiger partial charge on any atom is 0.317 e. The van der Waals surface area contributed by atoms with E-state index in [1.807, 2.05) is 29.5 Å². The third-order valence-electron chi connectivity index (χ3n) is 2.67. The lowest BCUT2D eigenvalue weighted by Gasteiger charge is -2.24. The molecule has 0 fully saturated rings. The molecule has 1 aromatic rings. The summed E-state index contributed by atoms with van der Waals surface area (Å²) in [5.74, 6) is -0.791. The van der Waals surface area contributed by atoms with Crippen molar-refractivity contribution in [2.24, 2.45) is 0 Å². The lowest BCUT2D eigenvalue weighted by atomic mass is 10.2. The Balaban J connectivity index is 2.71. The molecule has 1 N–H and O–H groups in total. The van der Waals surface area contributed by atoms with Crippen molar-refractivity contribution >= 4 is 5.97 Å². The van der Waals surface area contributed by atoms with Crippen LogP contribution in [0.25, 0.3) is 0 Å². The highest BCUT2D eigenvalue weighted by Crippen LogP contribution is 2.08. The van der Waals surface area contributed by atoms with Gasteiger partial charge in [-0.1, -0.05) is 6.92 Å². The minimum absolute atomic E-state index is 0.0645. The van der Waals surface area contributed by atoms with Crippen molar-refractivity contribution in [3.8, 4) is 0 Å². The third kappa shape index (κ3) is 4.19. The molecule has 0 aliphatic heterocycles. The van der Waals surface area contributed by atoms with Gasteiger partial charge in [0.05, 0.1) is 12.2 Å². The predicted molar refractivity (Wildman–Crippen MR) is 65.7 cm³/mol. The second-order valence-corrected chi connectivity index (χ2v) is 4.44. The highest BCUT2D eigenvalue weighted by atomic mass is 16.4. The fourth-order valence-corrected chi connectivity index (χ4v) is 1.71. The van der Waals surface area contributed by atoms with Crippen molar-refractivity contribution in [3.63, 3.8) is 0 Å². The monoisotopic (exact) mass is 239 g/mol. The number of carboxylic acids is 1. The summed E-state index contributed by atoms with van der Waals surface area (Å²) in [6.45, 7) is 7.68. The molecule has 1 rings (SSSR count). The molecule has 0 amide bonds. The zero-order valence-electron chi connectivity index (χ0n) is 10.8. The molecule has 0 radical (unpaired) electrons. The molecule has 0 spiro atoms. The van der Waals surface area contributed by atoms with Crippen LogP contribution in [0.1, 0.15) is 32.9 Å². The number of rotatable bonds is 7. The fourth-order valence-electron chi connectivity index (χ4n) is 1.71. The van der Waals surface area contributed by atoms with Crippen LogP contribution in [-0.4, -0.2) is 38.3 Å². The van der Waals surface area contributed by atoms with E-state index in [4.69, 9.17) is 5.11 Å². The van der Waals surface area contributed by atoms with E-state index in [0.717, 1.165) is 18.7 Å². The van der Waals surface area contributed by atoms with Crippen LogP contribution in [0.5, 0.6) is 0 Å². The van der Waals surface area contributed by atoms with E-state index < -0.39 is 5.97 Å². The molecule has 5 nitrogen and oxygen atoms in total. The van der Waals surface area contributed by atoms with Crippen LogP contribution < -0.4 is 0 Å². The minimum Gasteiger partial charge on any atom is -0.480 e. The van der Waals surface area contributed by atoms with E-state index in [1.165, 1.54) is 0 Å². The number of carbonyl (C=O) groups is 1. The van der Waals surface area contributed by atoms with E-state index in [0.29, 0.717) is 6.54 Å². The normalized spacial score (nSPS) is 11.4. The van der Waals surface area contributed by atoms with E-state index in [9.17, 15) is 4.79 Å². The van der Waals surface area contributed by atoms with Crippen LogP contribution in [0.2, 0.25) is 0 Å². The zero-order chi connectivity index (χ0) is 12.8. The molecule has 1 heterocycles. The van der Waals surface area contributed by atoms with Crippen LogP contribution in [0.15, 0.2) is 12.3 Å². The topological polar surface area (TPSA) is 58.4 Å². The van der Waals surface area contributed by atoms with Gasteiger partial charge in [-0.3, -0.25) is 14.4 Å². The van der Waals surface area contributed by atoms with Crippen molar-refractivity contribution in [3.05, 3.63) is 18.0 Å². The summed E-state index contributed by atoms with van der Waals surface area (Å²) in [5, 5.41) is 13.1. The second-order valence-electron chi connectivity index (χ2n) is 4.44. The number of aromatic nitrogens is 2. The van der Waals surface area contributed by atoms with Crippen LogP contribution in [0.4, 0.5) is 0 Å². The summed E-state index contributed by atoms with van der Waals surface area (Å²) in [6.07, 6.45) is 2.79. The second kappa shape index (κ2) is 6.39. The molecule has 0 bridgehead atoms. The van der Waals surface area contributed by atoms with Gasteiger partial charge in [0.25, 0.3) is 0 Å². The molecule has 0 unspecified atom stereocenters. The molecule has 0 aliphatic rings. The highest BCUT2D eigenvalue weighted by molar-refractivity contribution is 5.69. The van der Waals surface area contributed by atoms with Gasteiger partial charge >= 0.3 is 5.97 Å². The van der Waals surface area contributed by atoms with Crippen LogP contribution in [0, 0.1) is 0 Å². The van der Waals surface area contributed by atoms with Crippen molar-refractivity contribution in [1.29, 1.82) is 0 Å². The molecular weight excluding hydrogens is 218 g/mol. The Kier molecular flexibility index (Phi) is 5.15. The molecule has 96 valence electrons. The Bertz CT molecular complexity index is 360. The molecule has 0 atom stereocenters. The van der Waals surface area contributed by atoms with Gasteiger partial charge < -0.3 is 5.11 Å². The summed E-state index contributed by atoms with van der Waals surface area (Å²) in [4.78, 5) is 12.7. The molecule has 5 heteroatoms. The number of hydrogen-bond acceptors (Lipinski definition) is 3. The summed E-state index contributed by atoms with van der Waals surface area (Å²) >= 11 is 0. The Hall–Kier alpha value is -1.36. The van der Waals surface area contributed by atoms with Crippen molar-refractivity contribution in [2.75, 3.05) is 6.54 Å². The van der Waals surface area contributed by atoms with E-state index in [-0.39, 0.29) is 12.6 Å². The minimum atomic E-state index is -0.791. The lowest BCUT2D eigenvalue weighted by Crippen LogP contribution is -2.35. The van der Waals surface area contributed by atoms with Crippen molar-refractivity contribution in [1.82, 2.24) is 14.7 Å². The molecule has 0 saturated carbocycles. The van der Waals surface area contributed by atoms with Gasteiger partial charge in [0.2, 0.25) is 0 Å². The molecule has 0 aliphatic carbocycles. The summed E-state index contributed by atoms with van der Waals surface area (Å²) in [5.41, 5.74) is 1.07. The number of carboxylic acid groups (broad SMARTS) is 1. The number of aliphatic carboxylic acids is 1. The Morgan fingerprint density at radius 3 is 2.82 bits per heavy atom. The first kappa shape index (κ1) is 13.7. The summed E-state index contributed by atoms with van der Waals surface area (Å²) < 4.78 is 1.94. The first-order valence-electron chi connectivity index (χ1n) is 6.01. The van der Waals surface area contributed by atoms with E-state index in [1.54, 1.807) is 6.20 Å². The van der Waals surface area contributed by atoms with Gasteiger partial charge in [-0.2, -0.15) is 5.10 Å². The number of nitrogens with zero attached hydrogens (tertiary/aromatic N) is 3. The molecule has 17 heavy (non-hydrogen) atoms. The SMILES string of the molecule is CCCn1nccc1CN(CC(=O)O)C(C)C. The first-order chi connectivity index (χ1) is 8.04. The van der Waals surface area contributed by atoms with Gasteiger partial charge in [-0.25, -0.2) is 0 Å². The smallest absolute Gasteiger partial charge is 0.317 e. The first-order valence-corrected chi connectivity index (χ1v) is 6.01. The molecule has 0 saturated heterocycles. The summed E-state index contributed by atoms with van der Waals surface area (Å²) in [7, 11) is 0. The lowest BCUT2D eigenvalue weighted by molar-refractivity contribution is -0.139. The molecule has 0 aromatic carbocycles. The van der Waals surface area contributed by atoms with Gasteiger partial charge in [0, 0.05) is 25.3 Å². The van der Waals surface area contributed by atoms with Crippen LogP contribution in [-0.2, 0) is 17.9 Å². The Labute approximate surface area is 102 Å². The zero-order valence-corrected chi connectivity index (χ0v) is 10.8. The summed E-state index contributed by atoms with van der Waals surface area (Å²) in [6, 6.07) is 2.16. The standard InChI is InChI=1S/C12H21N3O2/c1-4-7-15-11(5-6-13-15)8-14(10(2)3)9-12(16)17/h5-6,10H,4,7-9H2,1-3H3,(H,16,17). The van der Waals surface area contributed by atoms with Gasteiger partial charge in [-0.05, 0) is 26.3 Å². The number of hydrogen-bond donors (Lipinski definition) is 1. The number of aryl methyl sites for hydroxylation is 1. The van der Waals surface area contributed by atoms with Gasteiger partial charge in [0.15, 0.2) is 0 Å². The van der Waals surface area contributed by atoms with Crippen molar-refractivity contribution < 1.29 is 9.90 Å². The van der Waals surface area contributed by atoms with Crippen LogP contribution >= 0.6 is 0 Å². The third-order valence-corrected chi connectivity index (χ3v) is 2.67. The molecular formula is C12H21N3O2. The van der Waals surface area contributed by atoms with E-state index >= 15 is 0 Å². The fraction of sp³-hybridized carbons (Fsp3) is 0.667. The van der Waals surface area contributed by atoms with Crippen molar-refractivity contribution in [2.45, 2.75) is 46.3 Å². The average Bonchev–Trinajstić information content (AvgIpc) is 2.64. The molecule has 1 aromatic heterocycles. The van der Waals surface area contributed by atoms with E-state index in [2.05, 4.69) is 12.0 Å². The highest BCUT2D eigenvalue weighted by Gasteiger charge is 2.15. The predicted octanol–water partition coefficient (Wildman–Crippen LogP) is 1.59. The van der Waals surface area contributed by atoms with Crippen LogP contribution in [0.3, 0.4) is 0 Å². The van der Waals surface area contributed by atoms with Gasteiger partial charge in [0.1, 0.15) is 0 Å². The largest absolute Gasteiger partial charge is 0.480 e. The maximum atomic E-state index is 10.8.